The van der Waals surface area contributed by atoms with E-state index in [9.17, 15) is 4.79 Å². The zero-order valence-electron chi connectivity index (χ0n) is 13.5. The van der Waals surface area contributed by atoms with Gasteiger partial charge in [0.25, 0.3) is 5.91 Å². The van der Waals surface area contributed by atoms with Gasteiger partial charge in [-0.1, -0.05) is 11.8 Å². The third-order valence-electron chi connectivity index (χ3n) is 3.99. The van der Waals surface area contributed by atoms with Crippen LogP contribution in [0, 0.1) is 6.92 Å². The molecule has 1 aromatic rings. The number of thioether (sulfide) groups is 1. The van der Waals surface area contributed by atoms with Gasteiger partial charge in [-0.25, -0.2) is 9.97 Å². The van der Waals surface area contributed by atoms with Gasteiger partial charge in [-0.15, -0.1) is 0 Å². The first-order chi connectivity index (χ1) is 11.2. The average Bonchev–Trinajstić information content (AvgIpc) is 2.61. The first kappa shape index (κ1) is 16.5. The van der Waals surface area contributed by atoms with Gasteiger partial charge in [-0.05, 0) is 13.2 Å². The van der Waals surface area contributed by atoms with Crippen molar-refractivity contribution in [3.8, 4) is 0 Å². The minimum Gasteiger partial charge on any atom is -0.378 e. The van der Waals surface area contributed by atoms with E-state index in [4.69, 9.17) is 9.47 Å². The molecule has 0 N–H and O–H groups in total. The van der Waals surface area contributed by atoms with Crippen LogP contribution in [0.4, 0.5) is 5.82 Å². The highest BCUT2D eigenvalue weighted by atomic mass is 32.2. The van der Waals surface area contributed by atoms with Gasteiger partial charge < -0.3 is 19.3 Å². The fourth-order valence-corrected chi connectivity index (χ4v) is 3.19. The van der Waals surface area contributed by atoms with Crippen LogP contribution in [0.2, 0.25) is 0 Å². The van der Waals surface area contributed by atoms with Crippen molar-refractivity contribution < 1.29 is 14.3 Å². The summed E-state index contributed by atoms with van der Waals surface area (Å²) in [5.41, 5.74) is 0.932. The summed E-state index contributed by atoms with van der Waals surface area (Å²) < 4.78 is 11.0. The number of ether oxygens (including phenoxy) is 2. The molecule has 0 radical (unpaired) electrons. The summed E-state index contributed by atoms with van der Waals surface area (Å²) in [6.07, 6.45) is 1.53. The third kappa shape index (κ3) is 3.94. The normalized spacial score (nSPS) is 22.3. The van der Waals surface area contributed by atoms with Gasteiger partial charge in [-0.3, -0.25) is 4.79 Å². The topological polar surface area (TPSA) is 67.8 Å². The molecule has 7 nitrogen and oxygen atoms in total. The van der Waals surface area contributed by atoms with Gasteiger partial charge in [0.15, 0.2) is 11.3 Å². The molecule has 1 atom stereocenters. The number of nitrogens with zero attached hydrogens (tertiary/aromatic N) is 4. The Labute approximate surface area is 140 Å². The van der Waals surface area contributed by atoms with E-state index in [1.54, 1.807) is 0 Å². The second-order valence-electron chi connectivity index (χ2n) is 5.60. The van der Waals surface area contributed by atoms with E-state index in [1.807, 2.05) is 24.1 Å². The molecule has 0 aliphatic carbocycles. The van der Waals surface area contributed by atoms with Crippen molar-refractivity contribution >= 4 is 23.5 Å². The molecule has 2 aliphatic heterocycles. The molecular formula is C15H22N4O3S. The Morgan fingerprint density at radius 1 is 1.26 bits per heavy atom. The van der Waals surface area contributed by atoms with Crippen molar-refractivity contribution in [2.45, 2.75) is 18.2 Å². The van der Waals surface area contributed by atoms with Crippen LogP contribution in [0.5, 0.6) is 0 Å². The maximum absolute atomic E-state index is 12.6. The predicted octanol–water partition coefficient (Wildman–Crippen LogP) is 0.571. The summed E-state index contributed by atoms with van der Waals surface area (Å²) in [7, 11) is 0. The van der Waals surface area contributed by atoms with Gasteiger partial charge in [0.1, 0.15) is 5.82 Å². The zero-order chi connectivity index (χ0) is 16.2. The quantitative estimate of drug-likeness (QED) is 0.589. The van der Waals surface area contributed by atoms with Crippen LogP contribution in [-0.4, -0.2) is 79.1 Å². The van der Waals surface area contributed by atoms with Gasteiger partial charge in [0.05, 0.1) is 26.4 Å². The summed E-state index contributed by atoms with van der Waals surface area (Å²) in [5, 5.41) is 0.752. The van der Waals surface area contributed by atoms with Gasteiger partial charge >= 0.3 is 0 Å². The number of carbonyl (C=O) groups excluding carboxylic acids is 1. The van der Waals surface area contributed by atoms with E-state index in [-0.39, 0.29) is 5.91 Å². The Kier molecular flexibility index (Phi) is 5.34. The molecular weight excluding hydrogens is 316 g/mol. The summed E-state index contributed by atoms with van der Waals surface area (Å²) in [6.45, 7) is 6.23. The molecule has 1 unspecified atom stereocenters. The van der Waals surface area contributed by atoms with Crippen molar-refractivity contribution in [1.82, 2.24) is 14.9 Å². The molecule has 3 rings (SSSR count). The summed E-state index contributed by atoms with van der Waals surface area (Å²) in [4.78, 5) is 25.5. The molecule has 0 bridgehead atoms. The molecule has 2 fully saturated rings. The van der Waals surface area contributed by atoms with Crippen LogP contribution in [0.3, 0.4) is 0 Å². The molecule has 0 spiro atoms. The van der Waals surface area contributed by atoms with E-state index >= 15 is 0 Å². The van der Waals surface area contributed by atoms with Crippen LogP contribution in [0.1, 0.15) is 5.69 Å². The second kappa shape index (κ2) is 7.46. The van der Waals surface area contributed by atoms with Crippen molar-refractivity contribution in [2.24, 2.45) is 0 Å². The Morgan fingerprint density at radius 2 is 2.04 bits per heavy atom. The maximum atomic E-state index is 12.6. The molecule has 1 amide bonds. The van der Waals surface area contributed by atoms with Crippen molar-refractivity contribution in [2.75, 3.05) is 57.2 Å². The van der Waals surface area contributed by atoms with Gasteiger partial charge in [-0.2, -0.15) is 0 Å². The Bertz CT molecular complexity index is 566. The first-order valence-corrected chi connectivity index (χ1v) is 9.02. The maximum Gasteiger partial charge on any atom is 0.253 e. The number of aromatic nitrogens is 2. The molecule has 8 heteroatoms. The number of morpholine rings is 2. The molecule has 23 heavy (non-hydrogen) atoms. The molecule has 1 aromatic heterocycles. The molecule has 3 heterocycles. The number of carbonyl (C=O) groups is 1. The number of amides is 1. The van der Waals surface area contributed by atoms with Crippen LogP contribution in [0.15, 0.2) is 11.2 Å². The lowest BCUT2D eigenvalue weighted by atomic mass is 10.2. The van der Waals surface area contributed by atoms with E-state index in [2.05, 4.69) is 14.9 Å². The number of hydrogen-bond acceptors (Lipinski definition) is 7. The van der Waals surface area contributed by atoms with Crippen LogP contribution >= 0.6 is 11.8 Å². The number of aryl methyl sites for hydroxylation is 1. The summed E-state index contributed by atoms with van der Waals surface area (Å²) in [6, 6.07) is 1.96. The molecule has 0 saturated carbocycles. The minimum atomic E-state index is -0.435. The van der Waals surface area contributed by atoms with E-state index in [0.29, 0.717) is 39.5 Å². The first-order valence-electron chi connectivity index (χ1n) is 7.80. The van der Waals surface area contributed by atoms with Gasteiger partial charge in [0, 0.05) is 31.4 Å². The Morgan fingerprint density at radius 3 is 2.78 bits per heavy atom. The standard InChI is InChI=1S/C15H22N4O3S/c1-11-9-13(17-15(16-11)23-2)19-5-8-22-12(10-19)14(20)18-3-6-21-7-4-18/h9,12H,3-8,10H2,1-2H3. The van der Waals surface area contributed by atoms with Crippen molar-refractivity contribution in [3.63, 3.8) is 0 Å². The van der Waals surface area contributed by atoms with E-state index in [1.165, 1.54) is 11.8 Å². The third-order valence-corrected chi connectivity index (χ3v) is 4.54. The largest absolute Gasteiger partial charge is 0.378 e. The van der Waals surface area contributed by atoms with E-state index in [0.717, 1.165) is 23.2 Å². The van der Waals surface area contributed by atoms with E-state index < -0.39 is 6.10 Å². The molecule has 126 valence electrons. The van der Waals surface area contributed by atoms with Gasteiger partial charge in [0.2, 0.25) is 0 Å². The molecule has 2 aliphatic rings. The lowest BCUT2D eigenvalue weighted by molar-refractivity contribution is -0.148. The monoisotopic (exact) mass is 338 g/mol. The number of anilines is 1. The zero-order valence-corrected chi connectivity index (χ0v) is 14.3. The fraction of sp³-hybridized carbons (Fsp3) is 0.667. The van der Waals surface area contributed by atoms with Crippen LogP contribution in [-0.2, 0) is 14.3 Å². The smallest absolute Gasteiger partial charge is 0.253 e. The average molecular weight is 338 g/mol. The Balaban J connectivity index is 1.70. The highest BCUT2D eigenvalue weighted by Gasteiger charge is 2.31. The van der Waals surface area contributed by atoms with Crippen molar-refractivity contribution in [3.05, 3.63) is 11.8 Å². The minimum absolute atomic E-state index is 0.0499. The molecule has 0 aromatic carbocycles. The number of hydrogen-bond donors (Lipinski definition) is 0. The molecule has 2 saturated heterocycles. The second-order valence-corrected chi connectivity index (χ2v) is 6.37. The highest BCUT2D eigenvalue weighted by molar-refractivity contribution is 7.98. The lowest BCUT2D eigenvalue weighted by Crippen LogP contribution is -2.53. The van der Waals surface area contributed by atoms with Crippen LogP contribution < -0.4 is 4.90 Å². The lowest BCUT2D eigenvalue weighted by Gasteiger charge is -2.36. The van der Waals surface area contributed by atoms with Crippen LogP contribution in [0.25, 0.3) is 0 Å². The summed E-state index contributed by atoms with van der Waals surface area (Å²) in [5.74, 6) is 0.916. The highest BCUT2D eigenvalue weighted by Crippen LogP contribution is 2.20. The fourth-order valence-electron chi connectivity index (χ4n) is 2.77. The van der Waals surface area contributed by atoms with Crippen molar-refractivity contribution in [1.29, 1.82) is 0 Å². The Hall–Kier alpha value is -1.38. The summed E-state index contributed by atoms with van der Waals surface area (Å²) >= 11 is 1.52. The predicted molar refractivity (Wildman–Crippen MR) is 87.9 cm³/mol. The number of rotatable bonds is 3. The SMILES string of the molecule is CSc1nc(C)cc(N2CCOC(C(=O)N3CCOCC3)C2)n1.